The molecule has 0 aliphatic heterocycles. The molecule has 0 aliphatic rings. The van der Waals surface area contributed by atoms with E-state index in [9.17, 15) is 12.8 Å². The number of nitriles is 1. The summed E-state index contributed by atoms with van der Waals surface area (Å²) in [6.07, 6.45) is 0. The first-order chi connectivity index (χ1) is 9.52. The number of nitrogens with zero attached hydrogens (tertiary/aromatic N) is 1. The molecule has 3 nitrogen and oxygen atoms in total. The minimum absolute atomic E-state index is 0.0278. The van der Waals surface area contributed by atoms with Gasteiger partial charge in [-0.3, -0.25) is 0 Å². The lowest BCUT2D eigenvalue weighted by atomic mass is 10.1. The molecule has 0 saturated carbocycles. The molecule has 0 unspecified atom stereocenters. The Morgan fingerprint density at radius 3 is 2.35 bits per heavy atom. The van der Waals surface area contributed by atoms with Crippen molar-refractivity contribution in [2.24, 2.45) is 0 Å². The van der Waals surface area contributed by atoms with Gasteiger partial charge in [0.15, 0.2) is 9.84 Å². The van der Waals surface area contributed by atoms with Crippen LogP contribution in [0, 0.1) is 17.1 Å². The lowest BCUT2D eigenvalue weighted by Crippen LogP contribution is -2.09. The van der Waals surface area contributed by atoms with E-state index in [0.29, 0.717) is 5.56 Å². The SMILES string of the molecule is N#Cc1cccc(CS(=O)(=O)Cc2ccccc2)c1F. The topological polar surface area (TPSA) is 57.9 Å². The first-order valence-electron chi connectivity index (χ1n) is 5.94. The van der Waals surface area contributed by atoms with Crippen LogP contribution in [0.1, 0.15) is 16.7 Å². The van der Waals surface area contributed by atoms with Gasteiger partial charge < -0.3 is 0 Å². The second-order valence-corrected chi connectivity index (χ2v) is 6.47. The standard InChI is InChI=1S/C15H12FNO2S/c16-15-13(9-17)7-4-8-14(15)11-20(18,19)10-12-5-2-1-3-6-12/h1-8H,10-11H2. The maximum absolute atomic E-state index is 13.9. The number of sulfone groups is 1. The van der Waals surface area contributed by atoms with E-state index in [1.54, 1.807) is 36.4 Å². The fourth-order valence-electron chi connectivity index (χ4n) is 1.89. The summed E-state index contributed by atoms with van der Waals surface area (Å²) in [5.74, 6) is -1.32. The normalized spacial score (nSPS) is 11.0. The monoisotopic (exact) mass is 289 g/mol. The van der Waals surface area contributed by atoms with E-state index in [1.807, 2.05) is 0 Å². The maximum Gasteiger partial charge on any atom is 0.158 e. The highest BCUT2D eigenvalue weighted by atomic mass is 32.2. The van der Waals surface area contributed by atoms with Gasteiger partial charge in [0.25, 0.3) is 0 Å². The Morgan fingerprint density at radius 2 is 1.70 bits per heavy atom. The predicted octanol–water partition coefficient (Wildman–Crippen LogP) is 2.81. The van der Waals surface area contributed by atoms with E-state index in [0.717, 1.165) is 0 Å². The van der Waals surface area contributed by atoms with Gasteiger partial charge in [0.05, 0.1) is 17.1 Å². The van der Waals surface area contributed by atoms with Crippen molar-refractivity contribution in [3.05, 3.63) is 71.0 Å². The Labute approximate surface area is 117 Å². The molecule has 0 fully saturated rings. The third-order valence-corrected chi connectivity index (χ3v) is 4.33. The maximum atomic E-state index is 13.9. The molecule has 0 N–H and O–H groups in total. The number of hydrogen-bond donors (Lipinski definition) is 0. The Morgan fingerprint density at radius 1 is 1.00 bits per heavy atom. The van der Waals surface area contributed by atoms with E-state index in [4.69, 9.17) is 5.26 Å². The molecule has 0 aromatic heterocycles. The van der Waals surface area contributed by atoms with Crippen LogP contribution in [0.25, 0.3) is 0 Å². The number of rotatable bonds is 4. The predicted molar refractivity (Wildman–Crippen MR) is 73.9 cm³/mol. The quantitative estimate of drug-likeness (QED) is 0.869. The van der Waals surface area contributed by atoms with Gasteiger partial charge in [-0.25, -0.2) is 12.8 Å². The molecule has 0 atom stereocenters. The zero-order valence-electron chi connectivity index (χ0n) is 10.6. The third kappa shape index (κ3) is 3.43. The lowest BCUT2D eigenvalue weighted by Gasteiger charge is -2.06. The Kier molecular flexibility index (Phi) is 4.16. The van der Waals surface area contributed by atoms with Crippen LogP contribution in [-0.2, 0) is 21.3 Å². The molecule has 0 aliphatic carbocycles. The van der Waals surface area contributed by atoms with Crippen LogP contribution in [-0.4, -0.2) is 8.42 Å². The Hall–Kier alpha value is -2.19. The molecular weight excluding hydrogens is 277 g/mol. The van der Waals surface area contributed by atoms with Gasteiger partial charge in [0.2, 0.25) is 0 Å². The summed E-state index contributed by atoms with van der Waals surface area (Å²) >= 11 is 0. The molecule has 2 rings (SSSR count). The molecule has 0 saturated heterocycles. The van der Waals surface area contributed by atoms with Crippen LogP contribution < -0.4 is 0 Å². The highest BCUT2D eigenvalue weighted by Crippen LogP contribution is 2.17. The molecule has 0 amide bonds. The summed E-state index contributed by atoms with van der Waals surface area (Å²) in [5, 5.41) is 8.74. The van der Waals surface area contributed by atoms with Crippen LogP contribution in [0.15, 0.2) is 48.5 Å². The zero-order chi connectivity index (χ0) is 14.6. The van der Waals surface area contributed by atoms with Crippen molar-refractivity contribution in [2.45, 2.75) is 11.5 Å². The smallest absolute Gasteiger partial charge is 0.158 e. The van der Waals surface area contributed by atoms with Crippen LogP contribution in [0.2, 0.25) is 0 Å². The van der Waals surface area contributed by atoms with E-state index >= 15 is 0 Å². The molecule has 0 spiro atoms. The highest BCUT2D eigenvalue weighted by molar-refractivity contribution is 7.89. The van der Waals surface area contributed by atoms with Crippen molar-refractivity contribution in [2.75, 3.05) is 0 Å². The van der Waals surface area contributed by atoms with Crippen LogP contribution in [0.5, 0.6) is 0 Å². The average molecular weight is 289 g/mol. The van der Waals surface area contributed by atoms with Crippen molar-refractivity contribution < 1.29 is 12.8 Å². The Bertz CT molecular complexity index is 749. The first-order valence-corrected chi connectivity index (χ1v) is 7.76. The van der Waals surface area contributed by atoms with Crippen LogP contribution in [0.4, 0.5) is 4.39 Å². The van der Waals surface area contributed by atoms with Gasteiger partial charge >= 0.3 is 0 Å². The molecule has 2 aromatic rings. The summed E-state index contributed by atoms with van der Waals surface area (Å²) in [6.45, 7) is 0. The number of halogens is 1. The van der Waals surface area contributed by atoms with Gasteiger partial charge in [-0.15, -0.1) is 0 Å². The summed E-state index contributed by atoms with van der Waals surface area (Å²) in [7, 11) is -3.48. The second-order valence-electron chi connectivity index (χ2n) is 4.41. The molecule has 5 heteroatoms. The fraction of sp³-hybridized carbons (Fsp3) is 0.133. The molecule has 20 heavy (non-hydrogen) atoms. The molecule has 2 aromatic carbocycles. The summed E-state index contributed by atoms with van der Waals surface area (Å²) < 4.78 is 38.0. The van der Waals surface area contributed by atoms with Gasteiger partial charge in [0.1, 0.15) is 11.9 Å². The Balaban J connectivity index is 2.24. The van der Waals surface area contributed by atoms with Crippen molar-refractivity contribution in [1.29, 1.82) is 5.26 Å². The molecular formula is C15H12FNO2S. The summed E-state index contributed by atoms with van der Waals surface area (Å²) in [4.78, 5) is 0. The lowest BCUT2D eigenvalue weighted by molar-refractivity contribution is 0.585. The van der Waals surface area contributed by atoms with Gasteiger partial charge in [-0.1, -0.05) is 42.5 Å². The number of hydrogen-bond acceptors (Lipinski definition) is 3. The van der Waals surface area contributed by atoms with Gasteiger partial charge in [-0.05, 0) is 11.6 Å². The third-order valence-electron chi connectivity index (χ3n) is 2.80. The van der Waals surface area contributed by atoms with Gasteiger partial charge in [-0.2, -0.15) is 5.26 Å². The van der Waals surface area contributed by atoms with Crippen molar-refractivity contribution in [3.63, 3.8) is 0 Å². The minimum Gasteiger partial charge on any atom is -0.228 e. The largest absolute Gasteiger partial charge is 0.228 e. The van der Waals surface area contributed by atoms with E-state index in [-0.39, 0.29) is 16.9 Å². The molecule has 0 radical (unpaired) electrons. The van der Waals surface area contributed by atoms with E-state index < -0.39 is 21.4 Å². The zero-order valence-corrected chi connectivity index (χ0v) is 11.4. The van der Waals surface area contributed by atoms with Crippen LogP contribution in [0.3, 0.4) is 0 Å². The first kappa shape index (κ1) is 14.2. The number of benzene rings is 2. The van der Waals surface area contributed by atoms with E-state index in [2.05, 4.69) is 0 Å². The second kappa shape index (κ2) is 5.85. The molecule has 0 heterocycles. The molecule has 0 bridgehead atoms. The van der Waals surface area contributed by atoms with Crippen molar-refractivity contribution >= 4 is 9.84 Å². The van der Waals surface area contributed by atoms with Gasteiger partial charge in [0, 0.05) is 5.56 Å². The fourth-order valence-corrected chi connectivity index (χ4v) is 3.39. The summed E-state index contributed by atoms with van der Waals surface area (Å²) in [5.41, 5.74) is 0.543. The summed E-state index contributed by atoms with van der Waals surface area (Å²) in [6, 6.07) is 14.6. The van der Waals surface area contributed by atoms with Crippen molar-refractivity contribution in [3.8, 4) is 6.07 Å². The van der Waals surface area contributed by atoms with Crippen molar-refractivity contribution in [1.82, 2.24) is 0 Å². The van der Waals surface area contributed by atoms with E-state index in [1.165, 1.54) is 18.2 Å². The molecule has 102 valence electrons. The minimum atomic E-state index is -3.48. The van der Waals surface area contributed by atoms with Crippen LogP contribution >= 0.6 is 0 Å². The highest BCUT2D eigenvalue weighted by Gasteiger charge is 2.17. The average Bonchev–Trinajstić information content (AvgIpc) is 2.41.